The van der Waals surface area contributed by atoms with Crippen LogP contribution >= 0.6 is 11.6 Å². The number of nitrogens with one attached hydrogen (secondary N) is 1. The lowest BCUT2D eigenvalue weighted by molar-refractivity contribution is 0.0966. The molecule has 3 N–H and O–H groups in total. The van der Waals surface area contributed by atoms with Crippen LogP contribution in [0.2, 0.25) is 5.02 Å². The van der Waals surface area contributed by atoms with E-state index in [4.69, 9.17) is 22.1 Å². The summed E-state index contributed by atoms with van der Waals surface area (Å²) in [6, 6.07) is 4.94. The molecule has 1 aliphatic rings. The van der Waals surface area contributed by atoms with Gasteiger partial charge in [-0.05, 0) is 37.1 Å². The molecular weight excluding hydrogens is 252 g/mol. The number of nitrogens with two attached hydrogens (primary N) is 1. The normalized spacial score (nSPS) is 23.7. The van der Waals surface area contributed by atoms with Crippen molar-refractivity contribution in [2.24, 2.45) is 11.7 Å². The van der Waals surface area contributed by atoms with Gasteiger partial charge in [-0.2, -0.15) is 0 Å². The van der Waals surface area contributed by atoms with Crippen molar-refractivity contribution in [2.75, 3.05) is 13.1 Å². The Bertz CT molecular complexity index is 451. The minimum atomic E-state index is -0.524. The molecule has 18 heavy (non-hydrogen) atoms. The van der Waals surface area contributed by atoms with Crippen LogP contribution in [-0.2, 0) is 0 Å². The van der Waals surface area contributed by atoms with Crippen molar-refractivity contribution in [1.82, 2.24) is 5.32 Å². The van der Waals surface area contributed by atoms with Crippen molar-refractivity contribution in [3.8, 4) is 5.75 Å². The van der Waals surface area contributed by atoms with Crippen molar-refractivity contribution < 1.29 is 9.53 Å². The maximum absolute atomic E-state index is 11.4. The fourth-order valence-electron chi connectivity index (χ4n) is 2.08. The molecule has 1 fully saturated rings. The van der Waals surface area contributed by atoms with E-state index >= 15 is 0 Å². The van der Waals surface area contributed by atoms with Crippen LogP contribution in [0.5, 0.6) is 5.75 Å². The third-order valence-electron chi connectivity index (χ3n) is 3.24. The summed E-state index contributed by atoms with van der Waals surface area (Å²) in [7, 11) is 0. The lowest BCUT2D eigenvalue weighted by Gasteiger charge is -2.30. The van der Waals surface area contributed by atoms with Crippen molar-refractivity contribution in [3.63, 3.8) is 0 Å². The van der Waals surface area contributed by atoms with Crippen molar-refractivity contribution in [3.05, 3.63) is 28.8 Å². The predicted molar refractivity (Wildman–Crippen MR) is 71.0 cm³/mol. The Morgan fingerprint density at radius 3 is 3.00 bits per heavy atom. The SMILES string of the molecule is CC1CCNCC1Oc1ccc(Cl)cc1C(N)=O. The minimum absolute atomic E-state index is 0.0537. The zero-order valence-corrected chi connectivity index (χ0v) is 11.0. The first kappa shape index (κ1) is 13.2. The standard InChI is InChI=1S/C13H17ClN2O2/c1-8-4-5-16-7-12(8)18-11-3-2-9(14)6-10(11)13(15)17/h2-3,6,8,12,16H,4-5,7H2,1H3,(H2,15,17). The average Bonchev–Trinajstić information content (AvgIpc) is 2.34. The van der Waals surface area contributed by atoms with E-state index in [1.54, 1.807) is 18.2 Å². The summed E-state index contributed by atoms with van der Waals surface area (Å²) in [4.78, 5) is 11.4. The van der Waals surface area contributed by atoms with Crippen LogP contribution in [0.15, 0.2) is 18.2 Å². The second kappa shape index (κ2) is 5.59. The molecule has 0 saturated carbocycles. The molecule has 1 saturated heterocycles. The van der Waals surface area contributed by atoms with E-state index in [2.05, 4.69) is 12.2 Å². The van der Waals surface area contributed by atoms with Gasteiger partial charge in [0.2, 0.25) is 0 Å². The van der Waals surface area contributed by atoms with Crippen molar-refractivity contribution in [2.45, 2.75) is 19.4 Å². The molecule has 1 heterocycles. The zero-order valence-electron chi connectivity index (χ0n) is 10.3. The molecule has 1 aromatic carbocycles. The van der Waals surface area contributed by atoms with Gasteiger partial charge in [0.15, 0.2) is 0 Å². The second-order valence-corrected chi connectivity index (χ2v) is 5.07. The third-order valence-corrected chi connectivity index (χ3v) is 3.48. The first-order valence-electron chi connectivity index (χ1n) is 6.04. The Hall–Kier alpha value is -1.26. The largest absolute Gasteiger partial charge is 0.488 e. The third kappa shape index (κ3) is 2.94. The summed E-state index contributed by atoms with van der Waals surface area (Å²) in [6.07, 6.45) is 1.11. The first-order valence-corrected chi connectivity index (χ1v) is 6.42. The van der Waals surface area contributed by atoms with Crippen molar-refractivity contribution in [1.29, 1.82) is 0 Å². The van der Waals surface area contributed by atoms with Gasteiger partial charge in [-0.3, -0.25) is 4.79 Å². The topological polar surface area (TPSA) is 64.3 Å². The second-order valence-electron chi connectivity index (χ2n) is 4.63. The number of halogens is 1. The van der Waals surface area contributed by atoms with Gasteiger partial charge in [0.25, 0.3) is 5.91 Å². The van der Waals surface area contributed by atoms with E-state index in [1.165, 1.54) is 0 Å². The quantitative estimate of drug-likeness (QED) is 0.879. The number of hydrogen-bond acceptors (Lipinski definition) is 3. The van der Waals surface area contributed by atoms with Crippen LogP contribution in [0.3, 0.4) is 0 Å². The maximum atomic E-state index is 11.4. The number of ether oxygens (including phenoxy) is 1. The lowest BCUT2D eigenvalue weighted by Crippen LogP contribution is -2.43. The highest BCUT2D eigenvalue weighted by Gasteiger charge is 2.24. The summed E-state index contributed by atoms with van der Waals surface area (Å²) in [5.41, 5.74) is 5.66. The van der Waals surface area contributed by atoms with E-state index < -0.39 is 5.91 Å². The van der Waals surface area contributed by atoms with Gasteiger partial charge in [-0.1, -0.05) is 18.5 Å². The fraction of sp³-hybridized carbons (Fsp3) is 0.462. The molecule has 0 bridgehead atoms. The highest BCUT2D eigenvalue weighted by atomic mass is 35.5. The van der Waals surface area contributed by atoms with E-state index in [-0.39, 0.29) is 6.10 Å². The molecule has 2 atom stereocenters. The molecule has 2 unspecified atom stereocenters. The number of carbonyl (C=O) groups is 1. The molecule has 1 aliphatic heterocycles. The maximum Gasteiger partial charge on any atom is 0.252 e. The van der Waals surface area contributed by atoms with E-state index in [0.29, 0.717) is 22.3 Å². The lowest BCUT2D eigenvalue weighted by atomic mass is 9.97. The molecule has 0 aliphatic carbocycles. The van der Waals surface area contributed by atoms with Gasteiger partial charge in [-0.25, -0.2) is 0 Å². The van der Waals surface area contributed by atoms with Crippen LogP contribution < -0.4 is 15.8 Å². The molecule has 0 aromatic heterocycles. The summed E-state index contributed by atoms with van der Waals surface area (Å²) in [6.45, 7) is 3.93. The summed E-state index contributed by atoms with van der Waals surface area (Å²) >= 11 is 5.86. The first-order chi connectivity index (χ1) is 8.58. The monoisotopic (exact) mass is 268 g/mol. The molecule has 2 rings (SSSR count). The van der Waals surface area contributed by atoms with Gasteiger partial charge < -0.3 is 15.8 Å². The Labute approximate surface area is 111 Å². The smallest absolute Gasteiger partial charge is 0.252 e. The average molecular weight is 269 g/mol. The number of rotatable bonds is 3. The molecule has 4 nitrogen and oxygen atoms in total. The highest BCUT2D eigenvalue weighted by molar-refractivity contribution is 6.31. The van der Waals surface area contributed by atoms with Crippen LogP contribution in [0.4, 0.5) is 0 Å². The van der Waals surface area contributed by atoms with Gasteiger partial charge in [0, 0.05) is 11.6 Å². The molecule has 0 spiro atoms. The van der Waals surface area contributed by atoms with Gasteiger partial charge in [-0.15, -0.1) is 0 Å². The Morgan fingerprint density at radius 1 is 1.56 bits per heavy atom. The molecular formula is C13H17ClN2O2. The number of amides is 1. The minimum Gasteiger partial charge on any atom is -0.488 e. The molecule has 5 heteroatoms. The Kier molecular flexibility index (Phi) is 4.09. The zero-order chi connectivity index (χ0) is 13.1. The molecule has 98 valence electrons. The molecule has 0 radical (unpaired) electrons. The van der Waals surface area contributed by atoms with Gasteiger partial charge in [0.1, 0.15) is 11.9 Å². The van der Waals surface area contributed by atoms with E-state index in [1.807, 2.05) is 0 Å². The van der Waals surface area contributed by atoms with Gasteiger partial charge in [0.05, 0.1) is 5.56 Å². The van der Waals surface area contributed by atoms with E-state index in [0.717, 1.165) is 19.5 Å². The molecule has 1 aromatic rings. The molecule has 1 amide bonds. The number of hydrogen-bond donors (Lipinski definition) is 2. The van der Waals surface area contributed by atoms with Crippen LogP contribution in [0.1, 0.15) is 23.7 Å². The van der Waals surface area contributed by atoms with Crippen LogP contribution in [-0.4, -0.2) is 25.1 Å². The fourth-order valence-corrected chi connectivity index (χ4v) is 2.25. The number of piperidine rings is 1. The van der Waals surface area contributed by atoms with Crippen LogP contribution in [0.25, 0.3) is 0 Å². The van der Waals surface area contributed by atoms with Crippen LogP contribution in [0, 0.1) is 5.92 Å². The Balaban J connectivity index is 2.20. The highest BCUT2D eigenvalue weighted by Crippen LogP contribution is 2.26. The van der Waals surface area contributed by atoms with Gasteiger partial charge >= 0.3 is 0 Å². The Morgan fingerprint density at radius 2 is 2.33 bits per heavy atom. The summed E-state index contributed by atoms with van der Waals surface area (Å²) in [5.74, 6) is 0.430. The summed E-state index contributed by atoms with van der Waals surface area (Å²) in [5, 5.41) is 3.76. The number of primary amides is 1. The van der Waals surface area contributed by atoms with Crippen molar-refractivity contribution >= 4 is 17.5 Å². The predicted octanol–water partition coefficient (Wildman–Crippen LogP) is 1.82. The number of carbonyl (C=O) groups excluding carboxylic acids is 1. The van der Waals surface area contributed by atoms with E-state index in [9.17, 15) is 4.79 Å². The number of benzene rings is 1. The summed E-state index contributed by atoms with van der Waals surface area (Å²) < 4.78 is 5.89.